The molecule has 3 nitrogen and oxygen atoms in total. The van der Waals surface area contributed by atoms with E-state index in [0.29, 0.717) is 39.8 Å². The summed E-state index contributed by atoms with van der Waals surface area (Å²) >= 11 is 20.3. The van der Waals surface area contributed by atoms with E-state index in [0.717, 1.165) is 23.3 Å². The molecule has 30 heavy (non-hydrogen) atoms. The second kappa shape index (κ2) is 12.3. The summed E-state index contributed by atoms with van der Waals surface area (Å²) in [5.74, 6) is 3.39. The summed E-state index contributed by atoms with van der Waals surface area (Å²) in [6.45, 7) is 7.05. The van der Waals surface area contributed by atoms with Crippen molar-refractivity contribution in [2.75, 3.05) is 30.6 Å². The fourth-order valence-electron chi connectivity index (χ4n) is 2.90. The number of rotatable bonds is 12. The molecule has 0 aliphatic rings. The molecule has 0 saturated heterocycles. The van der Waals surface area contributed by atoms with Crippen molar-refractivity contribution in [3.8, 4) is 11.5 Å². The molecule has 2 aromatic carbocycles. The van der Waals surface area contributed by atoms with Crippen molar-refractivity contribution in [1.29, 1.82) is 0 Å². The molecule has 0 bridgehead atoms. The molecule has 2 aromatic rings. The van der Waals surface area contributed by atoms with Crippen LogP contribution in [0.25, 0.3) is 0 Å². The third-order valence-corrected chi connectivity index (χ3v) is 6.67. The Labute approximate surface area is 199 Å². The highest BCUT2D eigenvalue weighted by Crippen LogP contribution is 2.38. The monoisotopic (exact) mass is 490 g/mol. The highest BCUT2D eigenvalue weighted by atomic mass is 35.5. The summed E-state index contributed by atoms with van der Waals surface area (Å²) in [5.41, 5.74) is 1.76. The molecular weight excluding hydrogens is 463 g/mol. The van der Waals surface area contributed by atoms with Crippen LogP contribution in [0.15, 0.2) is 36.4 Å². The number of halogens is 3. The van der Waals surface area contributed by atoms with Gasteiger partial charge in [-0.3, -0.25) is 0 Å². The van der Waals surface area contributed by atoms with E-state index < -0.39 is 6.10 Å². The van der Waals surface area contributed by atoms with E-state index in [2.05, 4.69) is 20.8 Å². The number of aliphatic hydroxyl groups is 1. The van der Waals surface area contributed by atoms with Crippen molar-refractivity contribution in [2.45, 2.75) is 38.7 Å². The Hall–Kier alpha value is -0.780. The van der Waals surface area contributed by atoms with Crippen LogP contribution in [0.3, 0.4) is 0 Å². The number of hydrogen-bond acceptors (Lipinski definition) is 4. The van der Waals surface area contributed by atoms with Crippen LogP contribution in [0.4, 0.5) is 0 Å². The molecule has 1 N–H and O–H groups in total. The van der Waals surface area contributed by atoms with Gasteiger partial charge in [-0.05, 0) is 47.6 Å². The van der Waals surface area contributed by atoms with Gasteiger partial charge in [-0.2, -0.15) is 11.8 Å². The van der Waals surface area contributed by atoms with Crippen LogP contribution in [-0.4, -0.2) is 41.8 Å². The predicted molar refractivity (Wildman–Crippen MR) is 130 cm³/mol. The van der Waals surface area contributed by atoms with Crippen molar-refractivity contribution in [3.05, 3.63) is 57.6 Å². The number of hydrogen-bond donors (Lipinski definition) is 1. The Balaban J connectivity index is 2.12. The van der Waals surface area contributed by atoms with Gasteiger partial charge in [0.15, 0.2) is 0 Å². The zero-order valence-corrected chi connectivity index (χ0v) is 20.7. The van der Waals surface area contributed by atoms with E-state index in [-0.39, 0.29) is 12.0 Å². The maximum Gasteiger partial charge on any atom is 0.138 e. The molecule has 0 aliphatic carbocycles. The topological polar surface area (TPSA) is 38.7 Å². The van der Waals surface area contributed by atoms with Crippen LogP contribution >= 0.6 is 46.6 Å². The van der Waals surface area contributed by atoms with Crippen LogP contribution in [0, 0.1) is 0 Å². The number of alkyl halides is 1. The van der Waals surface area contributed by atoms with Crippen molar-refractivity contribution >= 4 is 46.6 Å². The highest BCUT2D eigenvalue weighted by molar-refractivity contribution is 7.99. The van der Waals surface area contributed by atoms with E-state index in [9.17, 15) is 5.11 Å². The van der Waals surface area contributed by atoms with Gasteiger partial charge < -0.3 is 14.6 Å². The van der Waals surface area contributed by atoms with Crippen LogP contribution in [0.1, 0.15) is 38.3 Å². The van der Waals surface area contributed by atoms with Crippen LogP contribution in [-0.2, 0) is 5.41 Å². The summed E-state index contributed by atoms with van der Waals surface area (Å²) in [4.78, 5) is 0. The normalized spacial score (nSPS) is 12.6. The Morgan fingerprint density at radius 2 is 1.57 bits per heavy atom. The second-order valence-electron chi connectivity index (χ2n) is 7.43. The Morgan fingerprint density at radius 3 is 2.07 bits per heavy atom. The molecule has 0 amide bonds. The Bertz CT molecular complexity index is 814. The maximum atomic E-state index is 9.96. The molecule has 1 unspecified atom stereocenters. The van der Waals surface area contributed by atoms with Gasteiger partial charge in [-0.1, -0.05) is 56.1 Å². The molecular formula is C23H29Cl3O3S. The van der Waals surface area contributed by atoms with E-state index in [1.807, 2.05) is 36.4 Å². The Morgan fingerprint density at radius 1 is 1.00 bits per heavy atom. The first-order valence-corrected chi connectivity index (χ1v) is 12.4. The van der Waals surface area contributed by atoms with E-state index in [1.54, 1.807) is 11.8 Å². The molecule has 0 fully saturated rings. The number of thioether (sulfide) groups is 1. The number of benzene rings is 2. The van der Waals surface area contributed by atoms with Gasteiger partial charge in [-0.25, -0.2) is 0 Å². The first-order chi connectivity index (χ1) is 14.3. The molecule has 0 spiro atoms. The minimum Gasteiger partial charge on any atom is -0.492 e. The molecule has 1 atom stereocenters. The SMILES string of the molecule is CCSCC(O)COc1ccc(C(C)(C)c2ccc(OCCCCl)c(Cl)c2)cc1Cl. The van der Waals surface area contributed by atoms with Gasteiger partial charge >= 0.3 is 0 Å². The molecule has 0 aliphatic heterocycles. The molecule has 0 heterocycles. The van der Waals surface area contributed by atoms with Gasteiger partial charge in [0.1, 0.15) is 18.1 Å². The lowest BCUT2D eigenvalue weighted by atomic mass is 9.78. The van der Waals surface area contributed by atoms with Crippen molar-refractivity contribution in [3.63, 3.8) is 0 Å². The van der Waals surface area contributed by atoms with Crippen molar-refractivity contribution < 1.29 is 14.6 Å². The first-order valence-electron chi connectivity index (χ1n) is 9.97. The standard InChI is InChI=1S/C23H29Cl3O3S/c1-4-30-15-18(27)14-29-22-9-7-17(13-20(22)26)23(2,3)16-6-8-21(19(25)12-16)28-11-5-10-24/h6-9,12-13,18,27H,4-5,10-11,14-15H2,1-3H3. The number of ether oxygens (including phenoxy) is 2. The third-order valence-electron chi connectivity index (χ3n) is 4.79. The van der Waals surface area contributed by atoms with Crippen LogP contribution in [0.5, 0.6) is 11.5 Å². The molecule has 0 aromatic heterocycles. The van der Waals surface area contributed by atoms with E-state index in [4.69, 9.17) is 44.3 Å². The van der Waals surface area contributed by atoms with Gasteiger partial charge in [0.2, 0.25) is 0 Å². The smallest absolute Gasteiger partial charge is 0.138 e. The summed E-state index contributed by atoms with van der Waals surface area (Å²) in [7, 11) is 0. The molecule has 166 valence electrons. The van der Waals surface area contributed by atoms with Gasteiger partial charge in [-0.15, -0.1) is 11.6 Å². The van der Waals surface area contributed by atoms with Gasteiger partial charge in [0, 0.05) is 17.0 Å². The third kappa shape index (κ3) is 7.13. The van der Waals surface area contributed by atoms with Crippen LogP contribution in [0.2, 0.25) is 10.0 Å². The van der Waals surface area contributed by atoms with Crippen molar-refractivity contribution in [1.82, 2.24) is 0 Å². The number of aliphatic hydroxyl groups excluding tert-OH is 1. The quantitative estimate of drug-likeness (QED) is 0.261. The zero-order valence-electron chi connectivity index (χ0n) is 17.6. The van der Waals surface area contributed by atoms with E-state index in [1.165, 1.54) is 0 Å². The largest absolute Gasteiger partial charge is 0.492 e. The minimum absolute atomic E-state index is 0.219. The van der Waals surface area contributed by atoms with E-state index >= 15 is 0 Å². The fourth-order valence-corrected chi connectivity index (χ4v) is 4.09. The molecule has 2 rings (SSSR count). The maximum absolute atomic E-state index is 9.96. The summed E-state index contributed by atoms with van der Waals surface area (Å²) in [6.07, 6.45) is 0.251. The minimum atomic E-state index is -0.519. The molecule has 0 saturated carbocycles. The second-order valence-corrected chi connectivity index (χ2v) is 9.94. The average Bonchev–Trinajstić information content (AvgIpc) is 2.72. The summed E-state index contributed by atoms with van der Waals surface area (Å²) in [5, 5.41) is 11.0. The fraction of sp³-hybridized carbons (Fsp3) is 0.478. The molecule has 0 radical (unpaired) electrons. The zero-order chi connectivity index (χ0) is 22.1. The van der Waals surface area contributed by atoms with Gasteiger partial charge in [0.25, 0.3) is 0 Å². The summed E-state index contributed by atoms with van der Waals surface area (Å²) in [6, 6.07) is 11.6. The lowest BCUT2D eigenvalue weighted by molar-refractivity contribution is 0.126. The van der Waals surface area contributed by atoms with Crippen LogP contribution < -0.4 is 9.47 Å². The van der Waals surface area contributed by atoms with Gasteiger partial charge in [0.05, 0.1) is 22.8 Å². The predicted octanol–water partition coefficient (Wildman–Crippen LogP) is 6.82. The first kappa shape index (κ1) is 25.5. The average molecular weight is 492 g/mol. The van der Waals surface area contributed by atoms with Crippen molar-refractivity contribution in [2.24, 2.45) is 0 Å². The highest BCUT2D eigenvalue weighted by Gasteiger charge is 2.25. The Kier molecular flexibility index (Phi) is 10.5. The summed E-state index contributed by atoms with van der Waals surface area (Å²) < 4.78 is 11.4. The lowest BCUT2D eigenvalue weighted by Gasteiger charge is -2.27. The molecule has 7 heteroatoms. The lowest BCUT2D eigenvalue weighted by Crippen LogP contribution is -2.21.